The Bertz CT molecular complexity index is 430. The maximum Gasteiger partial charge on any atom is 0.282 e. The lowest BCUT2D eigenvalue weighted by Crippen LogP contribution is -2.00. The zero-order valence-electron chi connectivity index (χ0n) is 8.11. The molecular weight excluding hydrogens is 222 g/mol. The van der Waals surface area contributed by atoms with Crippen LogP contribution in [0.4, 0.5) is 5.69 Å². The minimum absolute atomic E-state index is 0.163. The van der Waals surface area contributed by atoms with Crippen molar-refractivity contribution in [2.24, 2.45) is 0 Å². The molecular formula is C9H8ClNO4. The molecule has 0 unspecified atom stereocenters. The molecule has 0 N–H and O–H groups in total. The molecule has 0 aliphatic carbocycles. The van der Waals surface area contributed by atoms with Gasteiger partial charge >= 0.3 is 0 Å². The summed E-state index contributed by atoms with van der Waals surface area (Å²) >= 11 is 5.23. The van der Waals surface area contributed by atoms with Crippen LogP contribution in [0, 0.1) is 17.0 Å². The first kappa shape index (κ1) is 11.5. The Morgan fingerprint density at radius 1 is 1.53 bits per heavy atom. The van der Waals surface area contributed by atoms with Gasteiger partial charge in [0.1, 0.15) is 11.3 Å². The zero-order valence-corrected chi connectivity index (χ0v) is 8.87. The number of methoxy groups -OCH3 is 1. The Balaban J connectivity index is 3.45. The highest BCUT2D eigenvalue weighted by atomic mass is 35.5. The molecule has 1 aromatic carbocycles. The Hall–Kier alpha value is -1.62. The third-order valence-electron chi connectivity index (χ3n) is 1.92. The summed E-state index contributed by atoms with van der Waals surface area (Å²) < 4.78 is 4.94. The van der Waals surface area contributed by atoms with E-state index in [4.69, 9.17) is 16.3 Å². The van der Waals surface area contributed by atoms with Crippen LogP contribution in [0.15, 0.2) is 12.1 Å². The van der Waals surface area contributed by atoms with Gasteiger partial charge in [0.15, 0.2) is 0 Å². The number of nitrogens with zero attached hydrogens (tertiary/aromatic N) is 1. The largest absolute Gasteiger partial charge is 0.496 e. The van der Waals surface area contributed by atoms with Crippen LogP contribution < -0.4 is 4.74 Å². The molecule has 0 fully saturated rings. The van der Waals surface area contributed by atoms with Crippen LogP contribution in [0.2, 0.25) is 0 Å². The fourth-order valence-corrected chi connectivity index (χ4v) is 1.35. The van der Waals surface area contributed by atoms with E-state index in [0.717, 1.165) is 0 Å². The van der Waals surface area contributed by atoms with E-state index in [1.54, 1.807) is 6.92 Å². The van der Waals surface area contributed by atoms with Crippen LogP contribution in [-0.4, -0.2) is 17.3 Å². The number of rotatable bonds is 3. The lowest BCUT2D eigenvalue weighted by atomic mass is 10.1. The van der Waals surface area contributed by atoms with Gasteiger partial charge in [-0.1, -0.05) is 0 Å². The smallest absolute Gasteiger partial charge is 0.282 e. The Kier molecular flexibility index (Phi) is 3.26. The van der Waals surface area contributed by atoms with Gasteiger partial charge in [0.25, 0.3) is 10.9 Å². The number of nitro benzene ring substituents is 1. The van der Waals surface area contributed by atoms with E-state index in [1.165, 1.54) is 19.2 Å². The number of halogens is 1. The van der Waals surface area contributed by atoms with Crippen molar-refractivity contribution < 1.29 is 14.5 Å². The molecule has 0 saturated carbocycles. The monoisotopic (exact) mass is 229 g/mol. The number of hydrogen-bond acceptors (Lipinski definition) is 4. The summed E-state index contributed by atoms with van der Waals surface area (Å²) in [6.07, 6.45) is 0. The number of benzene rings is 1. The topological polar surface area (TPSA) is 69.4 Å². The van der Waals surface area contributed by atoms with Gasteiger partial charge in [-0.2, -0.15) is 0 Å². The molecule has 0 amide bonds. The van der Waals surface area contributed by atoms with Gasteiger partial charge in [0, 0.05) is 6.07 Å². The second-order valence-electron chi connectivity index (χ2n) is 2.87. The Morgan fingerprint density at radius 3 is 2.53 bits per heavy atom. The number of aryl methyl sites for hydroxylation is 1. The summed E-state index contributed by atoms with van der Waals surface area (Å²) in [5.74, 6) is 0.393. The molecule has 0 bridgehead atoms. The van der Waals surface area contributed by atoms with Gasteiger partial charge in [-0.25, -0.2) is 0 Å². The summed E-state index contributed by atoms with van der Waals surface area (Å²) in [4.78, 5) is 20.9. The van der Waals surface area contributed by atoms with Crippen LogP contribution >= 0.6 is 11.6 Å². The first-order valence-corrected chi connectivity index (χ1v) is 4.38. The zero-order chi connectivity index (χ0) is 11.6. The van der Waals surface area contributed by atoms with Crippen LogP contribution in [0.1, 0.15) is 15.9 Å². The predicted molar refractivity (Wildman–Crippen MR) is 54.6 cm³/mol. The van der Waals surface area contributed by atoms with E-state index in [1.807, 2.05) is 0 Å². The van der Waals surface area contributed by atoms with Gasteiger partial charge in [-0.05, 0) is 30.2 Å². The standard InChI is InChI=1S/C9H8ClNO4/c1-5-3-7(11(13)14)6(9(10)12)4-8(5)15-2/h3-4H,1-2H3. The van der Waals surface area contributed by atoms with Gasteiger partial charge in [-0.3, -0.25) is 14.9 Å². The number of ether oxygens (including phenoxy) is 1. The summed E-state index contributed by atoms with van der Waals surface area (Å²) in [5, 5.41) is 9.76. The minimum Gasteiger partial charge on any atom is -0.496 e. The predicted octanol–water partition coefficient (Wildman–Crippen LogP) is 2.29. The third-order valence-corrected chi connectivity index (χ3v) is 2.13. The molecule has 80 valence electrons. The molecule has 0 atom stereocenters. The third kappa shape index (κ3) is 2.24. The molecule has 1 aromatic rings. The highest BCUT2D eigenvalue weighted by molar-refractivity contribution is 6.68. The molecule has 0 aliphatic heterocycles. The average Bonchev–Trinajstić information content (AvgIpc) is 2.16. The summed E-state index contributed by atoms with van der Waals surface area (Å²) in [5.41, 5.74) is 0.100. The molecule has 15 heavy (non-hydrogen) atoms. The summed E-state index contributed by atoms with van der Waals surface area (Å²) in [7, 11) is 1.41. The van der Waals surface area contributed by atoms with Gasteiger partial charge in [0.2, 0.25) is 0 Å². The maximum atomic E-state index is 11.0. The molecule has 0 heterocycles. The minimum atomic E-state index is -0.875. The van der Waals surface area contributed by atoms with Crippen molar-refractivity contribution in [1.29, 1.82) is 0 Å². The lowest BCUT2D eigenvalue weighted by Gasteiger charge is -2.05. The van der Waals surface area contributed by atoms with E-state index in [2.05, 4.69) is 0 Å². The highest BCUT2D eigenvalue weighted by Gasteiger charge is 2.21. The number of carbonyl (C=O) groups excluding carboxylic acids is 1. The van der Waals surface area contributed by atoms with Gasteiger partial charge < -0.3 is 4.74 Å². The van der Waals surface area contributed by atoms with Crippen molar-refractivity contribution in [2.75, 3.05) is 7.11 Å². The maximum absolute atomic E-state index is 11.0. The molecule has 0 radical (unpaired) electrons. The summed E-state index contributed by atoms with van der Waals surface area (Å²) in [6, 6.07) is 2.53. The highest BCUT2D eigenvalue weighted by Crippen LogP contribution is 2.29. The van der Waals surface area contributed by atoms with Crippen molar-refractivity contribution in [3.8, 4) is 5.75 Å². The van der Waals surface area contributed by atoms with Crippen molar-refractivity contribution in [1.82, 2.24) is 0 Å². The Morgan fingerprint density at radius 2 is 2.13 bits per heavy atom. The summed E-state index contributed by atoms with van der Waals surface area (Å²) in [6.45, 7) is 1.65. The van der Waals surface area contributed by atoms with Gasteiger partial charge in [0.05, 0.1) is 12.0 Å². The second-order valence-corrected chi connectivity index (χ2v) is 3.21. The molecule has 0 aromatic heterocycles. The van der Waals surface area contributed by atoms with E-state index < -0.39 is 10.2 Å². The molecule has 0 spiro atoms. The van der Waals surface area contributed by atoms with E-state index in [-0.39, 0.29) is 11.3 Å². The second kappa shape index (κ2) is 4.27. The van der Waals surface area contributed by atoms with Crippen LogP contribution in [0.3, 0.4) is 0 Å². The van der Waals surface area contributed by atoms with E-state index in [9.17, 15) is 14.9 Å². The fraction of sp³-hybridized carbons (Fsp3) is 0.222. The lowest BCUT2D eigenvalue weighted by molar-refractivity contribution is -0.385. The van der Waals surface area contributed by atoms with Crippen molar-refractivity contribution in [3.63, 3.8) is 0 Å². The van der Waals surface area contributed by atoms with Gasteiger partial charge in [-0.15, -0.1) is 0 Å². The molecule has 6 heteroatoms. The van der Waals surface area contributed by atoms with E-state index in [0.29, 0.717) is 11.3 Å². The van der Waals surface area contributed by atoms with Crippen LogP contribution in [0.5, 0.6) is 5.75 Å². The number of nitro groups is 1. The SMILES string of the molecule is COc1cc(C(=O)Cl)c([N+](=O)[O-])cc1C. The fourth-order valence-electron chi connectivity index (χ4n) is 1.20. The quantitative estimate of drug-likeness (QED) is 0.453. The molecule has 1 rings (SSSR count). The molecule has 0 saturated heterocycles. The number of carbonyl (C=O) groups is 1. The van der Waals surface area contributed by atoms with Crippen LogP contribution in [0.25, 0.3) is 0 Å². The van der Waals surface area contributed by atoms with E-state index >= 15 is 0 Å². The first-order valence-electron chi connectivity index (χ1n) is 4.00. The first-order chi connectivity index (χ1) is 6.97. The molecule has 0 aliphatic rings. The van der Waals surface area contributed by atoms with Crippen LogP contribution in [-0.2, 0) is 0 Å². The van der Waals surface area contributed by atoms with Crippen molar-refractivity contribution in [2.45, 2.75) is 6.92 Å². The van der Waals surface area contributed by atoms with Crippen molar-refractivity contribution >= 4 is 22.5 Å². The van der Waals surface area contributed by atoms with Crippen molar-refractivity contribution in [3.05, 3.63) is 33.4 Å². The Labute approximate surface area is 90.8 Å². The average molecular weight is 230 g/mol. The normalized spacial score (nSPS) is 9.80. The number of hydrogen-bond donors (Lipinski definition) is 0. The molecule has 5 nitrogen and oxygen atoms in total.